The number of carboxylic acid groups (broad SMARTS) is 1. The third-order valence-electron chi connectivity index (χ3n) is 10.1. The van der Waals surface area contributed by atoms with Crippen LogP contribution < -0.4 is 11.1 Å². The Labute approximate surface area is 230 Å². The molecule has 0 radical (unpaired) electrons. The molecule has 218 valence electrons. The summed E-state index contributed by atoms with van der Waals surface area (Å²) in [6.45, 7) is 19.3. The molecule has 5 unspecified atom stereocenters. The molecule has 0 aromatic rings. The topological polar surface area (TPSA) is 143 Å². The molecule has 1 amide bonds. The second-order valence-corrected chi connectivity index (χ2v) is 13.3. The van der Waals surface area contributed by atoms with Crippen LogP contribution >= 0.6 is 0 Å². The molecule has 1 fully saturated rings. The summed E-state index contributed by atoms with van der Waals surface area (Å²) in [5.41, 5.74) is 2.25. The van der Waals surface area contributed by atoms with Crippen molar-refractivity contribution in [1.29, 1.82) is 5.26 Å². The monoisotopic (exact) mass is 535 g/mol. The maximum absolute atomic E-state index is 13.8. The Morgan fingerprint density at radius 1 is 1.18 bits per heavy atom. The predicted octanol–water partition coefficient (Wildman–Crippen LogP) is 5.30. The van der Waals surface area contributed by atoms with Crippen LogP contribution in [0.3, 0.4) is 0 Å². The van der Waals surface area contributed by atoms with E-state index in [4.69, 9.17) is 10.5 Å². The van der Waals surface area contributed by atoms with Gasteiger partial charge < -0.3 is 20.9 Å². The molecule has 0 saturated heterocycles. The highest BCUT2D eigenvalue weighted by atomic mass is 16.5. The van der Waals surface area contributed by atoms with Crippen molar-refractivity contribution in [3.05, 3.63) is 0 Å². The maximum Gasteiger partial charge on any atom is 0.312 e. The molecule has 1 saturated carbocycles. The first-order chi connectivity index (χ1) is 17.4. The summed E-state index contributed by atoms with van der Waals surface area (Å²) >= 11 is 0. The summed E-state index contributed by atoms with van der Waals surface area (Å²) in [4.78, 5) is 38.3. The standard InChI is InChI=1S/C30H53N3O5/c1-10-16-38-25(37)28(8,21(2)3)17-22(4)29(9)19-30(29,24(36)33-15-11-14-31)18-26(5,6)27(7,20-32)13-12-23(34)35/h21-22H,10-19,31H2,1-9H3,(H,33,36)(H,34,35). The number of hydrogen-bond donors (Lipinski definition) is 3. The molecule has 0 heterocycles. The number of nitriles is 1. The third-order valence-corrected chi connectivity index (χ3v) is 10.1. The van der Waals surface area contributed by atoms with Gasteiger partial charge in [0.2, 0.25) is 5.91 Å². The Balaban J connectivity index is 3.40. The van der Waals surface area contributed by atoms with E-state index in [0.29, 0.717) is 45.4 Å². The fraction of sp³-hybridized carbons (Fsp3) is 0.867. The molecule has 0 bridgehead atoms. The Morgan fingerprint density at radius 3 is 2.26 bits per heavy atom. The van der Waals surface area contributed by atoms with E-state index in [1.165, 1.54) is 0 Å². The van der Waals surface area contributed by atoms with Crippen LogP contribution in [0.2, 0.25) is 0 Å². The minimum atomic E-state index is -0.940. The van der Waals surface area contributed by atoms with E-state index in [0.717, 1.165) is 6.42 Å². The lowest BCUT2D eigenvalue weighted by Gasteiger charge is -2.43. The molecule has 4 N–H and O–H groups in total. The smallest absolute Gasteiger partial charge is 0.312 e. The SMILES string of the molecule is CCCOC(=O)C(C)(CC(C)C1(C)CC1(CC(C)(C)C(C)(C#N)CCC(=O)O)C(=O)NCCCN)C(C)C. The van der Waals surface area contributed by atoms with Crippen LogP contribution in [0.1, 0.15) is 107 Å². The lowest BCUT2D eigenvalue weighted by Crippen LogP contribution is -2.45. The number of ether oxygens (including phenoxy) is 1. The van der Waals surface area contributed by atoms with Crippen molar-refractivity contribution < 1.29 is 24.2 Å². The molecule has 1 aliphatic rings. The summed E-state index contributed by atoms with van der Waals surface area (Å²) < 4.78 is 5.59. The number of amides is 1. The normalized spacial score (nSPS) is 25.0. The Morgan fingerprint density at radius 2 is 1.79 bits per heavy atom. The van der Waals surface area contributed by atoms with Crippen LogP contribution in [0.5, 0.6) is 0 Å². The number of carboxylic acids is 1. The molecular formula is C30H53N3O5. The van der Waals surface area contributed by atoms with Crippen LogP contribution in [-0.2, 0) is 19.1 Å². The number of rotatable bonds is 17. The zero-order chi connectivity index (χ0) is 29.6. The number of nitrogens with two attached hydrogens (primary N) is 1. The average Bonchev–Trinajstić information content (AvgIpc) is 3.45. The van der Waals surface area contributed by atoms with Crippen molar-refractivity contribution >= 4 is 17.8 Å². The van der Waals surface area contributed by atoms with Gasteiger partial charge in [0.25, 0.3) is 0 Å². The van der Waals surface area contributed by atoms with Gasteiger partial charge in [0.1, 0.15) is 0 Å². The third kappa shape index (κ3) is 6.89. The fourth-order valence-electron chi connectivity index (χ4n) is 6.01. The molecule has 0 aromatic carbocycles. The van der Waals surface area contributed by atoms with Gasteiger partial charge in [-0.3, -0.25) is 14.4 Å². The quantitative estimate of drug-likeness (QED) is 0.169. The highest BCUT2D eigenvalue weighted by molar-refractivity contribution is 5.87. The number of aliphatic carboxylic acids is 1. The minimum Gasteiger partial charge on any atom is -0.481 e. The van der Waals surface area contributed by atoms with E-state index >= 15 is 0 Å². The van der Waals surface area contributed by atoms with Crippen molar-refractivity contribution in [2.75, 3.05) is 19.7 Å². The zero-order valence-electron chi connectivity index (χ0n) is 25.3. The number of carbonyl (C=O) groups excluding carboxylic acids is 2. The summed E-state index contributed by atoms with van der Waals surface area (Å²) in [6, 6.07) is 2.39. The average molecular weight is 536 g/mol. The molecule has 0 aromatic heterocycles. The molecule has 8 heteroatoms. The molecule has 1 aliphatic carbocycles. The zero-order valence-corrected chi connectivity index (χ0v) is 25.3. The Hall–Kier alpha value is -2.14. The van der Waals surface area contributed by atoms with Crippen molar-refractivity contribution in [2.24, 2.45) is 44.6 Å². The molecular weight excluding hydrogens is 482 g/mol. The summed E-state index contributed by atoms with van der Waals surface area (Å²) in [5.74, 6) is -1.11. The number of hydrogen-bond acceptors (Lipinski definition) is 6. The van der Waals surface area contributed by atoms with E-state index in [1.807, 2.05) is 41.5 Å². The summed E-state index contributed by atoms with van der Waals surface area (Å²) in [6.07, 6.45) is 3.18. The first-order valence-electron chi connectivity index (χ1n) is 14.2. The number of nitrogens with zero attached hydrogens (tertiary/aromatic N) is 1. The van der Waals surface area contributed by atoms with Crippen molar-refractivity contribution in [3.8, 4) is 6.07 Å². The van der Waals surface area contributed by atoms with Crippen LogP contribution in [-0.4, -0.2) is 42.6 Å². The van der Waals surface area contributed by atoms with E-state index < -0.39 is 33.0 Å². The van der Waals surface area contributed by atoms with Gasteiger partial charge >= 0.3 is 11.9 Å². The van der Waals surface area contributed by atoms with E-state index in [-0.39, 0.29) is 36.6 Å². The second-order valence-electron chi connectivity index (χ2n) is 13.3. The maximum atomic E-state index is 13.8. The van der Waals surface area contributed by atoms with Crippen molar-refractivity contribution in [1.82, 2.24) is 5.32 Å². The van der Waals surface area contributed by atoms with Crippen LogP contribution in [0.15, 0.2) is 0 Å². The lowest BCUT2D eigenvalue weighted by atomic mass is 9.59. The van der Waals surface area contributed by atoms with Gasteiger partial charge in [-0.15, -0.1) is 0 Å². The van der Waals surface area contributed by atoms with E-state index in [2.05, 4.69) is 25.2 Å². The van der Waals surface area contributed by atoms with Gasteiger partial charge in [-0.1, -0.05) is 48.5 Å². The highest BCUT2D eigenvalue weighted by Crippen LogP contribution is 2.74. The van der Waals surface area contributed by atoms with Crippen molar-refractivity contribution in [3.63, 3.8) is 0 Å². The first kappa shape index (κ1) is 33.9. The fourth-order valence-corrected chi connectivity index (χ4v) is 6.01. The summed E-state index contributed by atoms with van der Waals surface area (Å²) in [7, 11) is 0. The van der Waals surface area contributed by atoms with Crippen LogP contribution in [0.25, 0.3) is 0 Å². The molecule has 8 nitrogen and oxygen atoms in total. The van der Waals surface area contributed by atoms with Gasteiger partial charge in [-0.05, 0) is 81.6 Å². The van der Waals surface area contributed by atoms with Gasteiger partial charge in [0.15, 0.2) is 0 Å². The minimum absolute atomic E-state index is 0.0208. The van der Waals surface area contributed by atoms with Gasteiger partial charge in [0, 0.05) is 13.0 Å². The number of carbonyl (C=O) groups is 3. The van der Waals surface area contributed by atoms with Crippen LogP contribution in [0, 0.1) is 50.2 Å². The Bertz CT molecular complexity index is 897. The number of nitrogens with one attached hydrogen (secondary N) is 1. The number of esters is 1. The summed E-state index contributed by atoms with van der Waals surface area (Å²) in [5, 5.41) is 22.5. The van der Waals surface area contributed by atoms with Crippen molar-refractivity contribution in [2.45, 2.75) is 107 Å². The predicted molar refractivity (Wildman–Crippen MR) is 149 cm³/mol. The molecule has 0 aliphatic heterocycles. The van der Waals surface area contributed by atoms with Crippen LogP contribution in [0.4, 0.5) is 0 Å². The molecule has 5 atom stereocenters. The van der Waals surface area contributed by atoms with E-state index in [1.54, 1.807) is 6.92 Å². The van der Waals surface area contributed by atoms with E-state index in [9.17, 15) is 24.8 Å². The highest BCUT2D eigenvalue weighted by Gasteiger charge is 2.72. The Kier molecular flexibility index (Phi) is 11.4. The molecule has 1 rings (SSSR count). The van der Waals surface area contributed by atoms with Gasteiger partial charge in [0.05, 0.1) is 28.9 Å². The molecule has 38 heavy (non-hydrogen) atoms. The molecule has 0 spiro atoms. The van der Waals surface area contributed by atoms with Gasteiger partial charge in [-0.25, -0.2) is 0 Å². The largest absolute Gasteiger partial charge is 0.481 e. The first-order valence-corrected chi connectivity index (χ1v) is 14.2. The second kappa shape index (κ2) is 12.8. The van der Waals surface area contributed by atoms with Gasteiger partial charge in [-0.2, -0.15) is 5.26 Å². The lowest BCUT2D eigenvalue weighted by molar-refractivity contribution is -0.159.